The highest BCUT2D eigenvalue weighted by Crippen LogP contribution is 2.24. The first-order valence-corrected chi connectivity index (χ1v) is 9.30. The quantitative estimate of drug-likeness (QED) is 0.715. The lowest BCUT2D eigenvalue weighted by Gasteiger charge is -2.37. The van der Waals surface area contributed by atoms with Gasteiger partial charge in [0, 0.05) is 37.5 Å². The summed E-state index contributed by atoms with van der Waals surface area (Å²) in [5.74, 6) is 2.84. The number of hydrogen-bond donors (Lipinski definition) is 0. The Hall–Kier alpha value is -2.47. The maximum atomic E-state index is 5.47. The number of anilines is 1. The Bertz CT molecular complexity index is 883. The van der Waals surface area contributed by atoms with Gasteiger partial charge in [-0.05, 0) is 25.1 Å². The molecule has 136 valence electrons. The summed E-state index contributed by atoms with van der Waals surface area (Å²) < 4.78 is 5.47. The van der Waals surface area contributed by atoms with Crippen LogP contribution in [0.3, 0.4) is 0 Å². The van der Waals surface area contributed by atoms with Gasteiger partial charge in [-0.2, -0.15) is 4.98 Å². The SMILES string of the molecule is CC(C)c1noc(C(C)N2CCN(c3ccc4ccccc4n3)CC2)n1. The van der Waals surface area contributed by atoms with Crippen molar-refractivity contribution in [1.29, 1.82) is 0 Å². The standard InChI is InChI=1S/C20H25N5O/c1-14(2)19-22-20(26-23-19)15(3)24-10-12-25(13-11-24)18-9-8-16-6-4-5-7-17(16)21-18/h4-9,14-15H,10-13H2,1-3H3. The Balaban J connectivity index is 1.42. The Morgan fingerprint density at radius 3 is 2.42 bits per heavy atom. The fraction of sp³-hybridized carbons (Fsp3) is 0.450. The summed E-state index contributed by atoms with van der Waals surface area (Å²) in [6.45, 7) is 10.1. The molecule has 1 unspecified atom stereocenters. The summed E-state index contributed by atoms with van der Waals surface area (Å²) in [6, 6.07) is 12.7. The van der Waals surface area contributed by atoms with E-state index in [4.69, 9.17) is 9.51 Å². The molecular weight excluding hydrogens is 326 g/mol. The fourth-order valence-corrected chi connectivity index (χ4v) is 3.38. The van der Waals surface area contributed by atoms with E-state index >= 15 is 0 Å². The number of piperazine rings is 1. The molecule has 0 aliphatic carbocycles. The van der Waals surface area contributed by atoms with Crippen LogP contribution in [0.2, 0.25) is 0 Å². The van der Waals surface area contributed by atoms with Crippen LogP contribution in [0, 0.1) is 0 Å². The normalized spacial score (nSPS) is 17.2. The van der Waals surface area contributed by atoms with E-state index in [0.717, 1.165) is 43.3 Å². The number of aromatic nitrogens is 3. The van der Waals surface area contributed by atoms with E-state index in [0.29, 0.717) is 5.89 Å². The smallest absolute Gasteiger partial charge is 0.243 e. The molecule has 3 aromatic rings. The van der Waals surface area contributed by atoms with E-state index in [-0.39, 0.29) is 12.0 Å². The monoisotopic (exact) mass is 351 g/mol. The van der Waals surface area contributed by atoms with Crippen LogP contribution in [-0.4, -0.2) is 46.2 Å². The molecule has 1 aromatic carbocycles. The van der Waals surface area contributed by atoms with Gasteiger partial charge in [-0.3, -0.25) is 4.90 Å². The van der Waals surface area contributed by atoms with Crippen LogP contribution in [-0.2, 0) is 0 Å². The predicted octanol–water partition coefficient (Wildman–Crippen LogP) is 3.62. The van der Waals surface area contributed by atoms with Crippen LogP contribution in [0.15, 0.2) is 40.9 Å². The molecule has 4 rings (SSSR count). The molecule has 1 atom stereocenters. The van der Waals surface area contributed by atoms with Gasteiger partial charge in [0.05, 0.1) is 11.6 Å². The molecule has 3 heterocycles. The molecule has 0 N–H and O–H groups in total. The first-order valence-electron chi connectivity index (χ1n) is 9.30. The Kier molecular flexibility index (Phi) is 4.59. The summed E-state index contributed by atoms with van der Waals surface area (Å²) in [6.07, 6.45) is 0. The molecule has 2 aromatic heterocycles. The molecule has 26 heavy (non-hydrogen) atoms. The van der Waals surface area contributed by atoms with Gasteiger partial charge < -0.3 is 9.42 Å². The lowest BCUT2D eigenvalue weighted by molar-refractivity contribution is 0.164. The van der Waals surface area contributed by atoms with Gasteiger partial charge in [-0.1, -0.05) is 37.2 Å². The minimum absolute atomic E-state index is 0.140. The lowest BCUT2D eigenvalue weighted by atomic mass is 10.2. The second-order valence-corrected chi connectivity index (χ2v) is 7.21. The van der Waals surface area contributed by atoms with Crippen molar-refractivity contribution in [3.8, 4) is 0 Å². The average Bonchev–Trinajstić information content (AvgIpc) is 3.18. The number of fused-ring (bicyclic) bond motifs is 1. The second-order valence-electron chi connectivity index (χ2n) is 7.21. The summed E-state index contributed by atoms with van der Waals surface area (Å²) in [7, 11) is 0. The van der Waals surface area contributed by atoms with E-state index in [1.54, 1.807) is 0 Å². The molecule has 0 bridgehead atoms. The number of benzene rings is 1. The van der Waals surface area contributed by atoms with Gasteiger partial charge in [-0.25, -0.2) is 4.98 Å². The van der Waals surface area contributed by atoms with Gasteiger partial charge in [0.2, 0.25) is 5.89 Å². The van der Waals surface area contributed by atoms with E-state index in [1.807, 2.05) is 12.1 Å². The van der Waals surface area contributed by atoms with Crippen molar-refractivity contribution in [2.75, 3.05) is 31.1 Å². The number of rotatable bonds is 4. The van der Waals surface area contributed by atoms with Crippen LogP contribution >= 0.6 is 0 Å². The van der Waals surface area contributed by atoms with E-state index in [1.165, 1.54) is 5.39 Å². The molecule has 0 saturated carbocycles. The highest BCUT2D eigenvalue weighted by molar-refractivity contribution is 5.80. The van der Waals surface area contributed by atoms with Gasteiger partial charge >= 0.3 is 0 Å². The average molecular weight is 351 g/mol. The lowest BCUT2D eigenvalue weighted by Crippen LogP contribution is -2.47. The van der Waals surface area contributed by atoms with Gasteiger partial charge in [0.15, 0.2) is 5.82 Å². The zero-order valence-electron chi connectivity index (χ0n) is 15.6. The van der Waals surface area contributed by atoms with Crippen LogP contribution < -0.4 is 4.90 Å². The highest BCUT2D eigenvalue weighted by Gasteiger charge is 2.26. The molecule has 1 saturated heterocycles. The maximum Gasteiger partial charge on any atom is 0.243 e. The summed E-state index contributed by atoms with van der Waals surface area (Å²) in [5, 5.41) is 5.27. The predicted molar refractivity (Wildman–Crippen MR) is 102 cm³/mol. The van der Waals surface area contributed by atoms with Gasteiger partial charge in [0.1, 0.15) is 5.82 Å². The third-order valence-corrected chi connectivity index (χ3v) is 5.10. The minimum atomic E-state index is 0.140. The van der Waals surface area contributed by atoms with E-state index < -0.39 is 0 Å². The highest BCUT2D eigenvalue weighted by atomic mass is 16.5. The van der Waals surface area contributed by atoms with Crippen molar-refractivity contribution < 1.29 is 4.52 Å². The molecule has 6 nitrogen and oxygen atoms in total. The van der Waals surface area contributed by atoms with Crippen molar-refractivity contribution in [1.82, 2.24) is 20.0 Å². The largest absolute Gasteiger partial charge is 0.354 e. The number of pyridine rings is 1. The third kappa shape index (κ3) is 3.29. The van der Waals surface area contributed by atoms with Crippen LogP contribution in [0.25, 0.3) is 10.9 Å². The fourth-order valence-electron chi connectivity index (χ4n) is 3.38. The molecule has 1 aliphatic rings. The molecule has 0 spiro atoms. The van der Waals surface area contributed by atoms with Crippen molar-refractivity contribution in [2.45, 2.75) is 32.7 Å². The Morgan fingerprint density at radius 1 is 0.923 bits per heavy atom. The van der Waals surface area contributed by atoms with Gasteiger partial charge in [0.25, 0.3) is 0 Å². The number of para-hydroxylation sites is 1. The first kappa shape index (κ1) is 17.0. The first-order chi connectivity index (χ1) is 12.6. The van der Waals surface area contributed by atoms with Crippen molar-refractivity contribution in [3.63, 3.8) is 0 Å². The zero-order chi connectivity index (χ0) is 18.1. The van der Waals surface area contributed by atoms with E-state index in [2.05, 4.69) is 65.0 Å². The van der Waals surface area contributed by atoms with Crippen molar-refractivity contribution in [3.05, 3.63) is 48.1 Å². The van der Waals surface area contributed by atoms with Crippen LogP contribution in [0.5, 0.6) is 0 Å². The maximum absolute atomic E-state index is 5.47. The molecule has 0 amide bonds. The Morgan fingerprint density at radius 2 is 1.69 bits per heavy atom. The molecule has 1 aliphatic heterocycles. The third-order valence-electron chi connectivity index (χ3n) is 5.10. The molecular formula is C20H25N5O. The zero-order valence-corrected chi connectivity index (χ0v) is 15.6. The van der Waals surface area contributed by atoms with Crippen LogP contribution in [0.4, 0.5) is 5.82 Å². The summed E-state index contributed by atoms with van der Waals surface area (Å²) >= 11 is 0. The van der Waals surface area contributed by atoms with Gasteiger partial charge in [-0.15, -0.1) is 0 Å². The van der Waals surface area contributed by atoms with Crippen molar-refractivity contribution >= 4 is 16.7 Å². The molecule has 0 radical (unpaired) electrons. The number of hydrogen-bond acceptors (Lipinski definition) is 6. The second kappa shape index (κ2) is 7.03. The van der Waals surface area contributed by atoms with Crippen molar-refractivity contribution in [2.24, 2.45) is 0 Å². The summed E-state index contributed by atoms with van der Waals surface area (Å²) in [4.78, 5) is 14.1. The summed E-state index contributed by atoms with van der Waals surface area (Å²) in [5.41, 5.74) is 1.05. The topological polar surface area (TPSA) is 58.3 Å². The van der Waals surface area contributed by atoms with Crippen LogP contribution in [0.1, 0.15) is 44.4 Å². The molecule has 1 fully saturated rings. The number of nitrogens with zero attached hydrogens (tertiary/aromatic N) is 5. The van der Waals surface area contributed by atoms with E-state index in [9.17, 15) is 0 Å². The minimum Gasteiger partial charge on any atom is -0.354 e. The Labute approximate surface area is 153 Å². The molecule has 6 heteroatoms.